The maximum absolute atomic E-state index is 15.6. The van der Waals surface area contributed by atoms with Crippen molar-refractivity contribution in [2.75, 3.05) is 145 Å². The lowest BCUT2D eigenvalue weighted by Gasteiger charge is -2.47. The fourth-order valence-corrected chi connectivity index (χ4v) is 59.5. The summed E-state index contributed by atoms with van der Waals surface area (Å²) in [6.07, 6.45) is 6.11. The Hall–Kier alpha value is -4.64. The molecule has 110 heavy (non-hydrogen) atoms. The molecule has 4 aliphatic rings. The van der Waals surface area contributed by atoms with Gasteiger partial charge in [-0.25, -0.2) is 4.90 Å². The van der Waals surface area contributed by atoms with Crippen LogP contribution < -0.4 is 19.1 Å². The molecule has 0 N–H and O–H groups in total. The van der Waals surface area contributed by atoms with Crippen LogP contribution in [0.4, 0.5) is 5.69 Å². The number of nitrogens with zero attached hydrogens (tertiary/aromatic N) is 2. The number of carbonyl (C=O) groups excluding carboxylic acids is 4. The Labute approximate surface area is 657 Å². The van der Waals surface area contributed by atoms with Crippen molar-refractivity contribution in [3.05, 3.63) is 82.9 Å². The van der Waals surface area contributed by atoms with E-state index in [9.17, 15) is 0 Å². The molecule has 2 saturated heterocycles. The standard InChI is InChI=1S/C76H118N2O24Si8/c1-83-34-37-86-40-43-89-46-49-92-66-54-57(55-67(93-50-47-90-44-41-87-38-35-84-2)72(66)94-51-48-91-45-42-88-39-36-85-3)78-75(81)64-32-28-60-58-26-30-62-70-63(31-27-59(68(58)70)61-29-33-65(76(78)82)71(64)69(60)61)74(80)77(73(62)79)56(24-20-18-22-52-109(16)99-105(8,9)95-103(4,5)96-106(10,11)100-109)25-21-19-23-53-110(17)101-107(12,13)97-104(6,7)98-108(14,15)102-110/h26-33,54-56H,18-25,34-53H2,1-17H3. The lowest BCUT2D eigenvalue weighted by atomic mass is 9.82. The van der Waals surface area contributed by atoms with Gasteiger partial charge in [-0.2, -0.15) is 0 Å². The van der Waals surface area contributed by atoms with Gasteiger partial charge in [-0.3, -0.25) is 24.1 Å². The number of imide groups is 2. The van der Waals surface area contributed by atoms with Crippen LogP contribution in [0.5, 0.6) is 17.2 Å². The highest BCUT2D eigenvalue weighted by atomic mass is 28.5. The second-order valence-corrected chi connectivity index (χ2v) is 60.2. The molecule has 4 aliphatic heterocycles. The third-order valence-electron chi connectivity index (χ3n) is 19.3. The SMILES string of the molecule is COCCOCCOCCOc1cc(N2C(=O)c3ccc4c5ccc6c7c(ccc(c8ccc(c3c48)C2=O)c75)C(=O)N(C(CCCCC[Si]2(C)O[Si](C)(C)O[Si](C)(C)O[Si](C)(C)O2)CCCCC[Si]2(C)O[Si](C)(C)O[Si](C)(C)O[Si](C)(C)O2)C6=O)cc(OCCOCCOCCOC)c1OCCOCCOCCOC. The summed E-state index contributed by atoms with van der Waals surface area (Å²) in [5.74, 6) is -1.24. The number of rotatable bonds is 44. The first kappa shape index (κ1) is 87.7. The van der Waals surface area contributed by atoms with Crippen LogP contribution in [0.25, 0.3) is 43.1 Å². The van der Waals surface area contributed by atoms with Crippen LogP contribution in [0, 0.1) is 0 Å². The van der Waals surface area contributed by atoms with Crippen molar-refractivity contribution in [3.8, 4) is 17.2 Å². The molecule has 6 aromatic carbocycles. The van der Waals surface area contributed by atoms with Crippen LogP contribution in [0.3, 0.4) is 0 Å². The normalized spacial score (nSPS) is 19.1. The summed E-state index contributed by atoms with van der Waals surface area (Å²) >= 11 is 0. The Morgan fingerprint density at radius 2 is 0.600 bits per heavy atom. The van der Waals surface area contributed by atoms with Crippen molar-refractivity contribution in [1.82, 2.24) is 4.90 Å². The van der Waals surface area contributed by atoms with Gasteiger partial charge in [-0.15, -0.1) is 0 Å². The highest BCUT2D eigenvalue weighted by Gasteiger charge is 2.54. The molecule has 26 nitrogen and oxygen atoms in total. The smallest absolute Gasteiger partial charge is 0.317 e. The fraction of sp³-hybridized carbons (Fsp3) is 0.605. The number of unbranched alkanes of at least 4 members (excludes halogenated alkanes) is 4. The molecule has 6 aromatic rings. The van der Waals surface area contributed by atoms with Crippen molar-refractivity contribution in [2.45, 2.75) is 161 Å². The Kier molecular flexibility index (Phi) is 30.6. The number of benzene rings is 6. The van der Waals surface area contributed by atoms with E-state index < -0.39 is 86.3 Å². The summed E-state index contributed by atoms with van der Waals surface area (Å²) in [4.78, 5) is 64.9. The van der Waals surface area contributed by atoms with Gasteiger partial charge < -0.3 is 89.8 Å². The predicted molar refractivity (Wildman–Crippen MR) is 440 cm³/mol. The first-order valence-corrected chi connectivity index (χ1v) is 60.8. The van der Waals surface area contributed by atoms with Gasteiger partial charge in [0.05, 0.1) is 105 Å². The largest absolute Gasteiger partial charge is 0.487 e. The highest BCUT2D eigenvalue weighted by molar-refractivity contribution is 6.94. The summed E-state index contributed by atoms with van der Waals surface area (Å²) in [5, 5.41) is 5.63. The van der Waals surface area contributed by atoms with E-state index in [2.05, 4.69) is 91.7 Å². The number of anilines is 1. The van der Waals surface area contributed by atoms with Crippen molar-refractivity contribution in [3.63, 3.8) is 0 Å². The maximum atomic E-state index is 15.6. The summed E-state index contributed by atoms with van der Waals surface area (Å²) in [5.41, 5.74) is 1.65. The van der Waals surface area contributed by atoms with Crippen molar-refractivity contribution in [1.29, 1.82) is 0 Å². The summed E-state index contributed by atoms with van der Waals surface area (Å²) < 4.78 is 123. The number of ether oxygens (including phenoxy) is 12. The summed E-state index contributed by atoms with van der Waals surface area (Å²) in [6, 6.07) is 19.2. The molecule has 4 heterocycles. The van der Waals surface area contributed by atoms with Gasteiger partial charge >= 0.3 is 68.5 Å². The van der Waals surface area contributed by atoms with E-state index in [4.69, 9.17) is 89.8 Å². The monoisotopic (exact) mass is 1670 g/mol. The molecule has 10 rings (SSSR count). The molecular weight excluding hydrogens is 1550 g/mol. The topological polar surface area (TPSA) is 259 Å². The molecule has 0 bridgehead atoms. The summed E-state index contributed by atoms with van der Waals surface area (Å²) in [7, 11) is -16.0. The molecule has 4 amide bonds. The third kappa shape index (κ3) is 22.7. The molecule has 34 heteroatoms. The van der Waals surface area contributed by atoms with E-state index in [1.54, 1.807) is 50.5 Å². The van der Waals surface area contributed by atoms with E-state index >= 15 is 19.2 Å². The molecule has 0 saturated carbocycles. The second-order valence-electron chi connectivity index (χ2n) is 31.4. The van der Waals surface area contributed by atoms with Gasteiger partial charge in [0.25, 0.3) is 23.6 Å². The Bertz CT molecular complexity index is 3850. The number of hydrogen-bond acceptors (Lipinski definition) is 24. The van der Waals surface area contributed by atoms with Gasteiger partial charge in [0.2, 0.25) is 5.75 Å². The van der Waals surface area contributed by atoms with Crippen LogP contribution in [0.2, 0.25) is 104 Å². The van der Waals surface area contributed by atoms with Crippen LogP contribution in [-0.4, -0.2) is 243 Å². The minimum Gasteiger partial charge on any atom is -0.487 e. The van der Waals surface area contributed by atoms with Crippen LogP contribution in [0.1, 0.15) is 92.8 Å². The average Bonchev–Trinajstić information content (AvgIpc) is 0.688. The number of hydrogen-bond donors (Lipinski definition) is 0. The van der Waals surface area contributed by atoms with Crippen LogP contribution in [-0.2, 0) is 75.6 Å². The molecule has 0 aromatic heterocycles. The number of fused-ring (bicyclic) bond motifs is 2. The lowest BCUT2D eigenvalue weighted by Crippen LogP contribution is -2.65. The zero-order valence-electron chi connectivity index (χ0n) is 67.8. The lowest BCUT2D eigenvalue weighted by molar-refractivity contribution is 0.0146. The maximum Gasteiger partial charge on any atom is 0.317 e. The molecule has 608 valence electrons. The fourth-order valence-electron chi connectivity index (χ4n) is 16.1. The van der Waals surface area contributed by atoms with Crippen LogP contribution in [0.15, 0.2) is 60.7 Å². The van der Waals surface area contributed by atoms with Gasteiger partial charge in [0, 0.05) is 72.5 Å². The van der Waals surface area contributed by atoms with Gasteiger partial charge in [0.15, 0.2) is 11.5 Å². The minimum atomic E-state index is -2.75. The van der Waals surface area contributed by atoms with Gasteiger partial charge in [-0.05, 0) is 173 Å². The highest BCUT2D eigenvalue weighted by Crippen LogP contribution is 2.49. The predicted octanol–water partition coefficient (Wildman–Crippen LogP) is 14.3. The van der Waals surface area contributed by atoms with Gasteiger partial charge in [-0.1, -0.05) is 62.8 Å². The van der Waals surface area contributed by atoms with E-state index in [0.29, 0.717) is 131 Å². The molecule has 2 fully saturated rings. The Morgan fingerprint density at radius 3 is 0.918 bits per heavy atom. The third-order valence-corrected chi connectivity index (χ3v) is 52.3. The zero-order chi connectivity index (χ0) is 79.3. The van der Waals surface area contributed by atoms with Gasteiger partial charge in [0.1, 0.15) is 19.8 Å². The van der Waals surface area contributed by atoms with E-state index in [-0.39, 0.29) is 74.4 Å². The molecule has 0 unspecified atom stereocenters. The number of carbonyl (C=O) groups is 4. The molecule has 0 atom stereocenters. The minimum absolute atomic E-state index is 0.0525. The van der Waals surface area contributed by atoms with Crippen LogP contribution >= 0.6 is 0 Å². The number of amides is 4. The number of methoxy groups -OCH3 is 3. The Morgan fingerprint density at radius 1 is 0.318 bits per heavy atom. The average molecular weight is 1670 g/mol. The second kappa shape index (κ2) is 38.4. The van der Waals surface area contributed by atoms with Crippen molar-refractivity contribution < 1.29 is 109 Å². The summed E-state index contributed by atoms with van der Waals surface area (Å²) in [6.45, 7) is 34.6. The molecule has 0 radical (unpaired) electrons. The van der Waals surface area contributed by atoms with E-state index in [0.717, 1.165) is 82.4 Å². The molecule has 0 aliphatic carbocycles. The Balaban J connectivity index is 0.931. The van der Waals surface area contributed by atoms with Crippen molar-refractivity contribution in [2.24, 2.45) is 0 Å². The first-order chi connectivity index (χ1) is 52.2. The quantitative estimate of drug-likeness (QED) is 0.0113. The molecular formula is C76H118N2O24Si8. The van der Waals surface area contributed by atoms with E-state index in [1.807, 2.05) is 36.4 Å². The van der Waals surface area contributed by atoms with E-state index in [1.165, 1.54) is 0 Å². The van der Waals surface area contributed by atoms with Crippen molar-refractivity contribution >= 4 is 141 Å². The first-order valence-electron chi connectivity index (χ1n) is 38.8. The zero-order valence-corrected chi connectivity index (χ0v) is 75.8. The molecule has 0 spiro atoms.